The Labute approximate surface area is 137 Å². The quantitative estimate of drug-likeness (QED) is 0.886. The Hall–Kier alpha value is -0.380. The van der Waals surface area contributed by atoms with E-state index < -0.39 is 0 Å². The molecule has 0 bridgehead atoms. The average Bonchev–Trinajstić information content (AvgIpc) is 2.96. The highest BCUT2D eigenvalue weighted by Crippen LogP contribution is 2.34. The molecule has 4 heteroatoms. The van der Waals surface area contributed by atoms with Gasteiger partial charge in [-0.05, 0) is 73.4 Å². The second-order valence-electron chi connectivity index (χ2n) is 6.13. The minimum Gasteiger partial charge on any atom is -0.493 e. The van der Waals surface area contributed by atoms with Crippen molar-refractivity contribution in [1.82, 2.24) is 5.32 Å². The molecule has 2 aliphatic heterocycles. The van der Waals surface area contributed by atoms with E-state index in [-0.39, 0.29) is 0 Å². The van der Waals surface area contributed by atoms with E-state index in [0.29, 0.717) is 6.04 Å². The van der Waals surface area contributed by atoms with Crippen molar-refractivity contribution in [2.45, 2.75) is 38.1 Å². The molecule has 1 N–H and O–H groups in total. The number of nitrogens with one attached hydrogen (secondary N) is 1. The smallest absolute Gasteiger partial charge is 0.125 e. The number of likely N-dealkylation sites (N-methyl/N-ethyl adjacent to an activating group) is 1. The lowest BCUT2D eigenvalue weighted by molar-refractivity contribution is 0.345. The van der Waals surface area contributed by atoms with Crippen LogP contribution in [0.25, 0.3) is 0 Å². The standard InChI is InChI=1S/C17H24ClNOS/c1-19-16(8-12-3-6-21-7-4-12)11-14-10-15(18)9-13-2-5-20-17(13)14/h9-10,12,16,19H,2-8,11H2,1H3. The molecular formula is C17H24ClNOS. The Morgan fingerprint density at radius 1 is 1.38 bits per heavy atom. The maximum Gasteiger partial charge on any atom is 0.125 e. The summed E-state index contributed by atoms with van der Waals surface area (Å²) in [6, 6.07) is 4.66. The van der Waals surface area contributed by atoms with Gasteiger partial charge in [-0.25, -0.2) is 0 Å². The Balaban J connectivity index is 1.69. The van der Waals surface area contributed by atoms with Gasteiger partial charge < -0.3 is 10.1 Å². The van der Waals surface area contributed by atoms with Crippen molar-refractivity contribution in [1.29, 1.82) is 0 Å². The largest absolute Gasteiger partial charge is 0.493 e. The van der Waals surface area contributed by atoms with Crippen LogP contribution in [0, 0.1) is 5.92 Å². The molecule has 2 aliphatic rings. The van der Waals surface area contributed by atoms with Gasteiger partial charge in [-0.15, -0.1) is 0 Å². The summed E-state index contributed by atoms with van der Waals surface area (Å²) in [6.45, 7) is 0.798. The van der Waals surface area contributed by atoms with E-state index in [9.17, 15) is 0 Å². The van der Waals surface area contributed by atoms with Crippen molar-refractivity contribution in [3.8, 4) is 5.75 Å². The molecule has 2 nitrogen and oxygen atoms in total. The van der Waals surface area contributed by atoms with Crippen molar-refractivity contribution in [3.63, 3.8) is 0 Å². The minimum atomic E-state index is 0.518. The molecule has 1 saturated heterocycles. The number of thioether (sulfide) groups is 1. The summed E-state index contributed by atoms with van der Waals surface area (Å²) in [4.78, 5) is 0. The van der Waals surface area contributed by atoms with Gasteiger partial charge in [0.25, 0.3) is 0 Å². The van der Waals surface area contributed by atoms with Crippen molar-refractivity contribution >= 4 is 23.4 Å². The number of benzene rings is 1. The first kappa shape index (κ1) is 15.5. The van der Waals surface area contributed by atoms with E-state index in [2.05, 4.69) is 36.3 Å². The van der Waals surface area contributed by atoms with E-state index in [1.807, 2.05) is 0 Å². The number of halogens is 1. The van der Waals surface area contributed by atoms with Crippen LogP contribution in [0.4, 0.5) is 0 Å². The average molecular weight is 326 g/mol. The lowest BCUT2D eigenvalue weighted by Crippen LogP contribution is -2.31. The third-order valence-electron chi connectivity index (χ3n) is 4.66. The molecule has 0 aliphatic carbocycles. The molecule has 1 atom stereocenters. The fourth-order valence-corrected chi connectivity index (χ4v) is 4.92. The van der Waals surface area contributed by atoms with E-state index in [4.69, 9.17) is 16.3 Å². The highest BCUT2D eigenvalue weighted by Gasteiger charge is 2.22. The highest BCUT2D eigenvalue weighted by atomic mass is 35.5. The topological polar surface area (TPSA) is 21.3 Å². The molecule has 0 radical (unpaired) electrons. The lowest BCUT2D eigenvalue weighted by atomic mass is 9.90. The van der Waals surface area contributed by atoms with Gasteiger partial charge in [0.2, 0.25) is 0 Å². The van der Waals surface area contributed by atoms with Gasteiger partial charge >= 0.3 is 0 Å². The van der Waals surface area contributed by atoms with Crippen LogP contribution in [-0.2, 0) is 12.8 Å². The van der Waals surface area contributed by atoms with E-state index in [1.54, 1.807) is 0 Å². The third kappa shape index (κ3) is 3.88. The van der Waals surface area contributed by atoms with Crippen LogP contribution < -0.4 is 10.1 Å². The number of ether oxygens (including phenoxy) is 1. The summed E-state index contributed by atoms with van der Waals surface area (Å²) in [7, 11) is 2.08. The zero-order valence-electron chi connectivity index (χ0n) is 12.7. The van der Waals surface area contributed by atoms with Crippen LogP contribution in [0.5, 0.6) is 5.75 Å². The Morgan fingerprint density at radius 2 is 2.19 bits per heavy atom. The van der Waals surface area contributed by atoms with E-state index in [1.165, 1.54) is 41.9 Å². The first-order chi connectivity index (χ1) is 10.3. The monoisotopic (exact) mass is 325 g/mol. The number of rotatable bonds is 5. The van der Waals surface area contributed by atoms with Crippen LogP contribution in [-0.4, -0.2) is 31.2 Å². The van der Waals surface area contributed by atoms with Gasteiger partial charge in [0, 0.05) is 17.5 Å². The fourth-order valence-electron chi connectivity index (χ4n) is 3.45. The predicted molar refractivity (Wildman–Crippen MR) is 91.9 cm³/mol. The van der Waals surface area contributed by atoms with Crippen molar-refractivity contribution < 1.29 is 4.74 Å². The van der Waals surface area contributed by atoms with Crippen molar-refractivity contribution in [2.75, 3.05) is 25.2 Å². The Morgan fingerprint density at radius 3 is 2.95 bits per heavy atom. The first-order valence-electron chi connectivity index (χ1n) is 7.95. The maximum absolute atomic E-state index is 6.27. The Bertz CT molecular complexity index is 488. The molecule has 1 aromatic carbocycles. The van der Waals surface area contributed by atoms with Gasteiger partial charge in [0.05, 0.1) is 6.61 Å². The number of hydrogen-bond acceptors (Lipinski definition) is 3. The Kier molecular flexibility index (Phi) is 5.36. The van der Waals surface area contributed by atoms with Crippen molar-refractivity contribution in [2.24, 2.45) is 5.92 Å². The third-order valence-corrected chi connectivity index (χ3v) is 5.93. The molecule has 116 valence electrons. The first-order valence-corrected chi connectivity index (χ1v) is 9.48. The molecule has 1 aromatic rings. The van der Waals surface area contributed by atoms with E-state index in [0.717, 1.165) is 36.1 Å². The molecule has 0 spiro atoms. The molecule has 2 heterocycles. The molecule has 0 aromatic heterocycles. The van der Waals surface area contributed by atoms with E-state index >= 15 is 0 Å². The zero-order valence-corrected chi connectivity index (χ0v) is 14.2. The SMILES string of the molecule is CNC(Cc1cc(Cl)cc2c1OCC2)CC1CCSCC1. The summed E-state index contributed by atoms with van der Waals surface area (Å²) < 4.78 is 5.83. The van der Waals surface area contributed by atoms with Crippen LogP contribution >= 0.6 is 23.4 Å². The van der Waals surface area contributed by atoms with Gasteiger partial charge in [-0.3, -0.25) is 0 Å². The summed E-state index contributed by atoms with van der Waals surface area (Å²) in [6.07, 6.45) is 6.01. The summed E-state index contributed by atoms with van der Waals surface area (Å²) >= 11 is 8.37. The van der Waals surface area contributed by atoms with Gasteiger partial charge in [-0.1, -0.05) is 11.6 Å². The van der Waals surface area contributed by atoms with Crippen LogP contribution in [0.15, 0.2) is 12.1 Å². The molecule has 21 heavy (non-hydrogen) atoms. The summed E-state index contributed by atoms with van der Waals surface area (Å²) in [5, 5.41) is 4.35. The molecule has 3 rings (SSSR count). The summed E-state index contributed by atoms with van der Waals surface area (Å²) in [5.41, 5.74) is 2.56. The van der Waals surface area contributed by atoms with Crippen LogP contribution in [0.2, 0.25) is 5.02 Å². The normalized spacial score (nSPS) is 20.1. The predicted octanol–water partition coefficient (Wildman–Crippen LogP) is 3.94. The lowest BCUT2D eigenvalue weighted by Gasteiger charge is -2.26. The molecule has 0 amide bonds. The van der Waals surface area contributed by atoms with Gasteiger partial charge in [-0.2, -0.15) is 11.8 Å². The summed E-state index contributed by atoms with van der Waals surface area (Å²) in [5.74, 6) is 4.63. The number of hydrogen-bond donors (Lipinski definition) is 1. The molecular weight excluding hydrogens is 302 g/mol. The number of fused-ring (bicyclic) bond motifs is 1. The van der Waals surface area contributed by atoms with Crippen molar-refractivity contribution in [3.05, 3.63) is 28.3 Å². The minimum absolute atomic E-state index is 0.518. The fraction of sp³-hybridized carbons (Fsp3) is 0.647. The van der Waals surface area contributed by atoms with Crippen LogP contribution in [0.3, 0.4) is 0 Å². The second-order valence-corrected chi connectivity index (χ2v) is 7.79. The second kappa shape index (κ2) is 7.26. The van der Waals surface area contributed by atoms with Gasteiger partial charge in [0.1, 0.15) is 5.75 Å². The van der Waals surface area contributed by atoms with Gasteiger partial charge in [0.15, 0.2) is 0 Å². The molecule has 1 fully saturated rings. The molecule has 1 unspecified atom stereocenters. The molecule has 0 saturated carbocycles. The maximum atomic E-state index is 6.27. The zero-order chi connectivity index (χ0) is 14.7. The highest BCUT2D eigenvalue weighted by molar-refractivity contribution is 7.99. The van der Waals surface area contributed by atoms with Crippen LogP contribution in [0.1, 0.15) is 30.4 Å².